The summed E-state index contributed by atoms with van der Waals surface area (Å²) in [4.78, 5) is 12.4. The van der Waals surface area contributed by atoms with Crippen LogP contribution in [-0.4, -0.2) is 16.8 Å². The Morgan fingerprint density at radius 1 is 1.55 bits per heavy atom. The molecular formula is C15H18Br2FNO. The Kier molecular flexibility index (Phi) is 5.24. The van der Waals surface area contributed by atoms with E-state index >= 15 is 0 Å². The molecule has 0 radical (unpaired) electrons. The summed E-state index contributed by atoms with van der Waals surface area (Å²) in [6.45, 7) is 2.20. The fourth-order valence-electron chi connectivity index (χ4n) is 2.95. The lowest BCUT2D eigenvalue weighted by Crippen LogP contribution is -2.52. The van der Waals surface area contributed by atoms with E-state index in [0.29, 0.717) is 15.7 Å². The predicted octanol–water partition coefficient (Wildman–Crippen LogP) is 4.66. The van der Waals surface area contributed by atoms with Crippen molar-refractivity contribution in [2.75, 3.05) is 5.33 Å². The van der Waals surface area contributed by atoms with Crippen molar-refractivity contribution in [3.63, 3.8) is 0 Å². The Balaban J connectivity index is 2.21. The third-order valence-electron chi connectivity index (χ3n) is 3.92. The zero-order valence-corrected chi connectivity index (χ0v) is 14.6. The highest BCUT2D eigenvalue weighted by atomic mass is 79.9. The van der Waals surface area contributed by atoms with Crippen LogP contribution in [0.1, 0.15) is 43.0 Å². The van der Waals surface area contributed by atoms with Gasteiger partial charge in [0.05, 0.1) is 11.1 Å². The van der Waals surface area contributed by atoms with Gasteiger partial charge in [-0.25, -0.2) is 4.39 Å². The molecule has 20 heavy (non-hydrogen) atoms. The minimum atomic E-state index is -0.495. The van der Waals surface area contributed by atoms with Crippen LogP contribution in [0.5, 0.6) is 0 Å². The first kappa shape index (κ1) is 16.0. The second-order valence-electron chi connectivity index (χ2n) is 5.67. The molecule has 1 aliphatic rings. The van der Waals surface area contributed by atoms with Crippen molar-refractivity contribution in [1.29, 1.82) is 0 Å². The lowest BCUT2D eigenvalue weighted by Gasteiger charge is -2.39. The maximum Gasteiger partial charge on any atom is 0.255 e. The van der Waals surface area contributed by atoms with Crippen molar-refractivity contribution in [2.45, 2.75) is 38.1 Å². The normalized spacial score (nSPS) is 26.3. The molecule has 110 valence electrons. The molecule has 0 heterocycles. The van der Waals surface area contributed by atoms with E-state index in [0.717, 1.165) is 19.3 Å². The van der Waals surface area contributed by atoms with Gasteiger partial charge in [-0.05, 0) is 46.8 Å². The summed E-state index contributed by atoms with van der Waals surface area (Å²) in [5.74, 6) is -0.264. The van der Waals surface area contributed by atoms with Gasteiger partial charge in [-0.2, -0.15) is 0 Å². The third-order valence-corrected chi connectivity index (χ3v) is 5.65. The molecule has 0 aliphatic heterocycles. The molecule has 1 aromatic rings. The fourth-order valence-corrected chi connectivity index (χ4v) is 4.12. The maximum atomic E-state index is 13.9. The lowest BCUT2D eigenvalue weighted by atomic mass is 9.77. The summed E-state index contributed by atoms with van der Waals surface area (Å²) in [7, 11) is 0. The Hall–Kier alpha value is -0.420. The first-order chi connectivity index (χ1) is 9.47. The molecule has 2 unspecified atom stereocenters. The highest BCUT2D eigenvalue weighted by Gasteiger charge is 2.36. The number of amides is 1. The molecule has 1 fully saturated rings. The summed E-state index contributed by atoms with van der Waals surface area (Å²) in [6.07, 6.45) is 4.13. The molecule has 1 aliphatic carbocycles. The summed E-state index contributed by atoms with van der Waals surface area (Å²) >= 11 is 6.76. The van der Waals surface area contributed by atoms with Gasteiger partial charge in [0.15, 0.2) is 0 Å². The van der Waals surface area contributed by atoms with Crippen molar-refractivity contribution in [1.82, 2.24) is 5.32 Å². The number of hydrogen-bond acceptors (Lipinski definition) is 1. The summed E-state index contributed by atoms with van der Waals surface area (Å²) in [5, 5.41) is 3.75. The van der Waals surface area contributed by atoms with E-state index in [1.807, 2.05) is 0 Å². The summed E-state index contributed by atoms with van der Waals surface area (Å²) in [6, 6.07) is 4.57. The van der Waals surface area contributed by atoms with Gasteiger partial charge in [0.25, 0.3) is 5.91 Å². The molecule has 1 amide bonds. The van der Waals surface area contributed by atoms with E-state index in [2.05, 4.69) is 44.1 Å². The molecule has 2 nitrogen and oxygen atoms in total. The number of carbonyl (C=O) groups is 1. The van der Waals surface area contributed by atoms with Crippen molar-refractivity contribution in [3.8, 4) is 0 Å². The zero-order chi connectivity index (χ0) is 14.8. The van der Waals surface area contributed by atoms with Crippen LogP contribution in [0.15, 0.2) is 22.7 Å². The molecule has 2 rings (SSSR count). The molecule has 1 aromatic carbocycles. The van der Waals surface area contributed by atoms with Crippen LogP contribution in [0.2, 0.25) is 0 Å². The van der Waals surface area contributed by atoms with E-state index in [1.165, 1.54) is 12.5 Å². The molecule has 1 N–H and O–H groups in total. The van der Waals surface area contributed by atoms with Crippen LogP contribution < -0.4 is 5.32 Å². The first-order valence-corrected chi connectivity index (χ1v) is 8.71. The standard InChI is InChI=1S/C15H18Br2FNO/c1-10-4-3-7-15(8-10,9-16)19-14(20)13-11(17)5-2-6-12(13)18/h2,5-6,10H,3-4,7-9H2,1H3,(H,19,20). The van der Waals surface area contributed by atoms with Crippen LogP contribution in [0.25, 0.3) is 0 Å². The van der Waals surface area contributed by atoms with Gasteiger partial charge in [-0.3, -0.25) is 4.79 Å². The molecule has 2 atom stereocenters. The van der Waals surface area contributed by atoms with Crippen molar-refractivity contribution in [2.24, 2.45) is 5.92 Å². The number of nitrogens with one attached hydrogen (secondary N) is 1. The Morgan fingerprint density at radius 2 is 2.30 bits per heavy atom. The predicted molar refractivity (Wildman–Crippen MR) is 85.7 cm³/mol. The lowest BCUT2D eigenvalue weighted by molar-refractivity contribution is 0.0864. The van der Waals surface area contributed by atoms with Crippen LogP contribution >= 0.6 is 31.9 Å². The monoisotopic (exact) mass is 405 g/mol. The molecule has 1 saturated carbocycles. The highest BCUT2D eigenvalue weighted by molar-refractivity contribution is 9.10. The number of carbonyl (C=O) groups excluding carboxylic acids is 1. The van der Waals surface area contributed by atoms with Gasteiger partial charge < -0.3 is 5.32 Å². The number of alkyl halides is 1. The van der Waals surface area contributed by atoms with E-state index < -0.39 is 5.82 Å². The van der Waals surface area contributed by atoms with Crippen LogP contribution in [0, 0.1) is 11.7 Å². The average Bonchev–Trinajstić information content (AvgIpc) is 2.38. The van der Waals surface area contributed by atoms with Gasteiger partial charge in [-0.1, -0.05) is 41.8 Å². The van der Waals surface area contributed by atoms with Crippen LogP contribution in [0.4, 0.5) is 4.39 Å². The molecule has 0 aromatic heterocycles. The SMILES string of the molecule is CC1CCCC(CBr)(NC(=O)c2c(F)cccc2Br)C1. The Morgan fingerprint density at radius 3 is 2.90 bits per heavy atom. The second kappa shape index (κ2) is 6.56. The first-order valence-electron chi connectivity index (χ1n) is 6.80. The van der Waals surface area contributed by atoms with Crippen molar-refractivity contribution >= 4 is 37.8 Å². The number of halogens is 3. The molecule has 0 saturated heterocycles. The van der Waals surface area contributed by atoms with Crippen molar-refractivity contribution < 1.29 is 9.18 Å². The van der Waals surface area contributed by atoms with Gasteiger partial charge in [0, 0.05) is 9.80 Å². The quantitative estimate of drug-likeness (QED) is 0.726. The van der Waals surface area contributed by atoms with Crippen molar-refractivity contribution in [3.05, 3.63) is 34.1 Å². The largest absolute Gasteiger partial charge is 0.346 e. The molecule has 5 heteroatoms. The smallest absolute Gasteiger partial charge is 0.255 e. The van der Waals surface area contributed by atoms with Gasteiger partial charge in [-0.15, -0.1) is 0 Å². The minimum Gasteiger partial charge on any atom is -0.346 e. The second-order valence-corrected chi connectivity index (χ2v) is 7.08. The molecule has 0 bridgehead atoms. The Labute approximate surface area is 135 Å². The van der Waals surface area contributed by atoms with Crippen LogP contribution in [0.3, 0.4) is 0 Å². The number of rotatable bonds is 3. The van der Waals surface area contributed by atoms with Gasteiger partial charge in [0.1, 0.15) is 5.82 Å². The zero-order valence-electron chi connectivity index (χ0n) is 11.4. The minimum absolute atomic E-state index is 0.0889. The summed E-state index contributed by atoms with van der Waals surface area (Å²) < 4.78 is 14.3. The van der Waals surface area contributed by atoms with Gasteiger partial charge in [0.2, 0.25) is 0 Å². The van der Waals surface area contributed by atoms with E-state index in [1.54, 1.807) is 12.1 Å². The number of benzene rings is 1. The number of hydrogen-bond donors (Lipinski definition) is 1. The third kappa shape index (κ3) is 3.42. The molecular weight excluding hydrogens is 389 g/mol. The van der Waals surface area contributed by atoms with E-state index in [-0.39, 0.29) is 17.0 Å². The Bertz CT molecular complexity index is 488. The van der Waals surface area contributed by atoms with E-state index in [4.69, 9.17) is 0 Å². The van der Waals surface area contributed by atoms with Crippen LogP contribution in [-0.2, 0) is 0 Å². The highest BCUT2D eigenvalue weighted by Crippen LogP contribution is 2.34. The van der Waals surface area contributed by atoms with Gasteiger partial charge >= 0.3 is 0 Å². The topological polar surface area (TPSA) is 29.1 Å². The maximum absolute atomic E-state index is 13.9. The van der Waals surface area contributed by atoms with E-state index in [9.17, 15) is 9.18 Å². The average molecular weight is 407 g/mol. The molecule has 0 spiro atoms. The fraction of sp³-hybridized carbons (Fsp3) is 0.533. The summed E-state index contributed by atoms with van der Waals surface area (Å²) in [5.41, 5.74) is -0.178.